The van der Waals surface area contributed by atoms with Crippen molar-refractivity contribution in [3.63, 3.8) is 0 Å². The van der Waals surface area contributed by atoms with Gasteiger partial charge in [-0.05, 0) is 12.3 Å². The third-order valence-corrected chi connectivity index (χ3v) is 2.18. The first-order valence-corrected chi connectivity index (χ1v) is 5.56. The lowest BCUT2D eigenvalue weighted by atomic mass is 10.0. The quantitative estimate of drug-likeness (QED) is 0.381. The van der Waals surface area contributed by atoms with Gasteiger partial charge < -0.3 is 27.2 Å². The van der Waals surface area contributed by atoms with E-state index in [0.29, 0.717) is 6.42 Å². The largest absolute Gasteiger partial charge is 0.465 e. The van der Waals surface area contributed by atoms with E-state index in [4.69, 9.17) is 16.6 Å². The molecule has 2 atom stereocenters. The van der Waals surface area contributed by atoms with Crippen LogP contribution in [-0.2, 0) is 9.59 Å². The Bertz CT molecular complexity index is 319. The number of carbonyl (C=O) groups excluding carboxylic acids is 2. The third kappa shape index (κ3) is 6.69. The van der Waals surface area contributed by atoms with Gasteiger partial charge in [0.25, 0.3) is 0 Å². The van der Waals surface area contributed by atoms with E-state index in [2.05, 4.69) is 5.32 Å². The molecule has 3 amide bonds. The number of amides is 3. The first kappa shape index (κ1) is 16.2. The van der Waals surface area contributed by atoms with E-state index in [-0.39, 0.29) is 12.5 Å². The van der Waals surface area contributed by atoms with E-state index in [9.17, 15) is 14.4 Å². The number of carboxylic acid groups (broad SMARTS) is 1. The van der Waals surface area contributed by atoms with Gasteiger partial charge in [-0.3, -0.25) is 9.59 Å². The van der Waals surface area contributed by atoms with Gasteiger partial charge in [0.05, 0.1) is 0 Å². The molecule has 104 valence electrons. The summed E-state index contributed by atoms with van der Waals surface area (Å²) in [5.74, 6) is -1.08. The molecule has 0 rings (SSSR count). The summed E-state index contributed by atoms with van der Waals surface area (Å²) >= 11 is 0. The molecule has 0 aliphatic heterocycles. The number of hydrogen-bond donors (Lipinski definition) is 5. The van der Waals surface area contributed by atoms with Crippen molar-refractivity contribution >= 4 is 17.9 Å². The maximum absolute atomic E-state index is 11.6. The molecule has 8 nitrogen and oxygen atoms in total. The Labute approximate surface area is 105 Å². The summed E-state index contributed by atoms with van der Waals surface area (Å²) in [6.45, 7) is 3.54. The van der Waals surface area contributed by atoms with Gasteiger partial charge in [0, 0.05) is 6.54 Å². The van der Waals surface area contributed by atoms with Gasteiger partial charge in [-0.1, -0.05) is 13.8 Å². The van der Waals surface area contributed by atoms with Crippen LogP contribution in [0.15, 0.2) is 0 Å². The van der Waals surface area contributed by atoms with Crippen LogP contribution < -0.4 is 22.1 Å². The Balaban J connectivity index is 4.31. The van der Waals surface area contributed by atoms with Crippen LogP contribution in [0.25, 0.3) is 0 Å². The second-order valence-electron chi connectivity index (χ2n) is 4.39. The molecule has 0 spiro atoms. The predicted octanol–water partition coefficient (Wildman–Crippen LogP) is -1.40. The highest BCUT2D eigenvalue weighted by Crippen LogP contribution is 2.04. The van der Waals surface area contributed by atoms with Crippen molar-refractivity contribution in [2.75, 3.05) is 6.54 Å². The molecule has 0 radical (unpaired) electrons. The molecule has 7 N–H and O–H groups in total. The topological polar surface area (TPSA) is 148 Å². The van der Waals surface area contributed by atoms with E-state index < -0.39 is 30.0 Å². The van der Waals surface area contributed by atoms with E-state index in [1.165, 1.54) is 0 Å². The van der Waals surface area contributed by atoms with E-state index >= 15 is 0 Å². The van der Waals surface area contributed by atoms with Crippen LogP contribution in [0.4, 0.5) is 4.79 Å². The van der Waals surface area contributed by atoms with E-state index in [1.807, 2.05) is 19.2 Å². The number of nitrogens with two attached hydrogens (primary N) is 2. The van der Waals surface area contributed by atoms with Gasteiger partial charge in [0.2, 0.25) is 11.8 Å². The molecule has 0 aromatic rings. The third-order valence-electron chi connectivity index (χ3n) is 2.18. The summed E-state index contributed by atoms with van der Waals surface area (Å²) in [6, 6.07) is -1.86. The Morgan fingerprint density at radius 1 is 1.28 bits per heavy atom. The molecule has 0 saturated heterocycles. The molecule has 0 aliphatic rings. The minimum absolute atomic E-state index is 0.177. The van der Waals surface area contributed by atoms with Crippen LogP contribution in [0, 0.1) is 5.92 Å². The van der Waals surface area contributed by atoms with Gasteiger partial charge in [-0.2, -0.15) is 0 Å². The number of carbonyl (C=O) groups is 3. The first-order chi connectivity index (χ1) is 8.23. The van der Waals surface area contributed by atoms with Crippen molar-refractivity contribution in [2.45, 2.75) is 32.4 Å². The van der Waals surface area contributed by atoms with Crippen LogP contribution in [0.2, 0.25) is 0 Å². The predicted molar refractivity (Wildman–Crippen MR) is 64.6 cm³/mol. The molecule has 0 unspecified atom stereocenters. The van der Waals surface area contributed by atoms with Crippen LogP contribution in [0.5, 0.6) is 0 Å². The molecule has 0 bridgehead atoms. The number of nitrogens with one attached hydrogen (secondary N) is 2. The number of hydrogen-bond acceptors (Lipinski definition) is 4. The van der Waals surface area contributed by atoms with E-state index in [1.54, 1.807) is 0 Å². The highest BCUT2D eigenvalue weighted by molar-refractivity contribution is 5.89. The van der Waals surface area contributed by atoms with Gasteiger partial charge in [-0.25, -0.2) is 4.79 Å². The molecule has 0 heterocycles. The lowest BCUT2D eigenvalue weighted by Crippen LogP contribution is -2.53. The maximum atomic E-state index is 11.6. The molecule has 8 heteroatoms. The normalized spacial score (nSPS) is 13.8. The first-order valence-electron chi connectivity index (χ1n) is 5.56. The molecule has 0 fully saturated rings. The standard InChI is InChI=1S/C10H20N4O4/c1-5(2)3-7(8(12)15)14-9(16)6(11)4-13-10(17)18/h5-7,13H,3-4,11H2,1-2H3,(H2,12,15)(H,14,16)(H,17,18)/t6-,7-/m0/s1. The fraction of sp³-hybridized carbons (Fsp3) is 0.700. The van der Waals surface area contributed by atoms with Crippen molar-refractivity contribution in [3.8, 4) is 0 Å². The van der Waals surface area contributed by atoms with Crippen molar-refractivity contribution in [1.82, 2.24) is 10.6 Å². The van der Waals surface area contributed by atoms with Crippen LogP contribution in [0.1, 0.15) is 20.3 Å². The molecule has 0 saturated carbocycles. The zero-order valence-electron chi connectivity index (χ0n) is 10.5. The lowest BCUT2D eigenvalue weighted by molar-refractivity contribution is -0.128. The summed E-state index contributed by atoms with van der Waals surface area (Å²) in [5.41, 5.74) is 10.6. The average Bonchev–Trinajstić information content (AvgIpc) is 2.23. The Morgan fingerprint density at radius 2 is 1.83 bits per heavy atom. The summed E-state index contributed by atoms with van der Waals surface area (Å²) in [7, 11) is 0. The molecule has 18 heavy (non-hydrogen) atoms. The monoisotopic (exact) mass is 260 g/mol. The van der Waals surface area contributed by atoms with Crippen LogP contribution in [0.3, 0.4) is 0 Å². The van der Waals surface area contributed by atoms with Crippen molar-refractivity contribution in [1.29, 1.82) is 0 Å². The fourth-order valence-electron chi connectivity index (χ4n) is 1.29. The molecular weight excluding hydrogens is 240 g/mol. The minimum Gasteiger partial charge on any atom is -0.465 e. The molecular formula is C10H20N4O4. The van der Waals surface area contributed by atoms with Gasteiger partial charge >= 0.3 is 6.09 Å². The zero-order valence-corrected chi connectivity index (χ0v) is 10.5. The summed E-state index contributed by atoms with van der Waals surface area (Å²) in [6.07, 6.45) is -0.868. The SMILES string of the molecule is CC(C)C[C@H](NC(=O)[C@@H](N)CNC(=O)O)C(N)=O. The highest BCUT2D eigenvalue weighted by Gasteiger charge is 2.22. The van der Waals surface area contributed by atoms with Crippen molar-refractivity contribution < 1.29 is 19.5 Å². The van der Waals surface area contributed by atoms with Gasteiger partial charge in [0.1, 0.15) is 12.1 Å². The fourth-order valence-corrected chi connectivity index (χ4v) is 1.29. The number of primary amides is 1. The Morgan fingerprint density at radius 3 is 2.22 bits per heavy atom. The summed E-state index contributed by atoms with van der Waals surface area (Å²) in [4.78, 5) is 32.9. The smallest absolute Gasteiger partial charge is 0.404 e. The molecule has 0 aliphatic carbocycles. The number of rotatable bonds is 7. The molecule has 0 aromatic carbocycles. The average molecular weight is 260 g/mol. The zero-order chi connectivity index (χ0) is 14.3. The second-order valence-corrected chi connectivity index (χ2v) is 4.39. The van der Waals surface area contributed by atoms with Gasteiger partial charge in [0.15, 0.2) is 0 Å². The lowest BCUT2D eigenvalue weighted by Gasteiger charge is -2.19. The second kappa shape index (κ2) is 7.49. The summed E-state index contributed by atoms with van der Waals surface area (Å²) in [5, 5.41) is 12.7. The Hall–Kier alpha value is -1.83. The van der Waals surface area contributed by atoms with Crippen LogP contribution in [-0.4, -0.2) is 41.6 Å². The minimum atomic E-state index is -1.27. The van der Waals surface area contributed by atoms with E-state index in [0.717, 1.165) is 0 Å². The van der Waals surface area contributed by atoms with Crippen molar-refractivity contribution in [2.24, 2.45) is 17.4 Å². The summed E-state index contributed by atoms with van der Waals surface area (Å²) < 4.78 is 0. The van der Waals surface area contributed by atoms with Gasteiger partial charge in [-0.15, -0.1) is 0 Å². The molecule has 0 aromatic heterocycles. The van der Waals surface area contributed by atoms with Crippen molar-refractivity contribution in [3.05, 3.63) is 0 Å². The van der Waals surface area contributed by atoms with Crippen LogP contribution >= 0.6 is 0 Å². The maximum Gasteiger partial charge on any atom is 0.404 e. The Kier molecular flexibility index (Phi) is 6.73. The highest BCUT2D eigenvalue weighted by atomic mass is 16.4.